The first-order valence-electron chi connectivity index (χ1n) is 9.54. The first-order chi connectivity index (χ1) is 13.6. The van der Waals surface area contributed by atoms with Crippen LogP contribution in [0.5, 0.6) is 0 Å². The molecule has 4 rings (SSSR count). The SMILES string of the molecule is O=C(O)C[C@@H]1CCN(Cc2cccc(F)c2)C[C@@H]1Cc1nc2ccncc2[nH]1. The van der Waals surface area contributed by atoms with Gasteiger partial charge in [-0.05, 0) is 48.6 Å². The largest absolute Gasteiger partial charge is 0.481 e. The fraction of sp³-hybridized carbons (Fsp3) is 0.381. The summed E-state index contributed by atoms with van der Waals surface area (Å²) in [4.78, 5) is 25.6. The minimum atomic E-state index is -0.762. The molecule has 7 heteroatoms. The Morgan fingerprint density at radius 1 is 1.32 bits per heavy atom. The highest BCUT2D eigenvalue weighted by molar-refractivity contribution is 5.73. The molecule has 28 heavy (non-hydrogen) atoms. The number of rotatable bonds is 6. The number of likely N-dealkylation sites (tertiary alicyclic amines) is 1. The van der Waals surface area contributed by atoms with E-state index in [1.165, 1.54) is 6.07 Å². The Kier molecular flexibility index (Phi) is 5.34. The van der Waals surface area contributed by atoms with Gasteiger partial charge in [-0.3, -0.25) is 14.7 Å². The average molecular weight is 382 g/mol. The van der Waals surface area contributed by atoms with E-state index in [-0.39, 0.29) is 24.1 Å². The maximum absolute atomic E-state index is 13.5. The van der Waals surface area contributed by atoms with Gasteiger partial charge in [0.25, 0.3) is 0 Å². The third-order valence-corrected chi connectivity index (χ3v) is 5.50. The summed E-state index contributed by atoms with van der Waals surface area (Å²) in [6, 6.07) is 8.52. The topological polar surface area (TPSA) is 82.1 Å². The zero-order valence-corrected chi connectivity index (χ0v) is 15.5. The van der Waals surface area contributed by atoms with Gasteiger partial charge in [0.15, 0.2) is 0 Å². The molecule has 6 nitrogen and oxygen atoms in total. The van der Waals surface area contributed by atoms with Crippen LogP contribution in [-0.2, 0) is 17.8 Å². The molecule has 0 amide bonds. The Balaban J connectivity index is 1.50. The number of aromatic nitrogens is 3. The third-order valence-electron chi connectivity index (χ3n) is 5.50. The third kappa shape index (κ3) is 4.36. The number of aliphatic carboxylic acids is 1. The van der Waals surface area contributed by atoms with Crippen LogP contribution in [0.2, 0.25) is 0 Å². The first kappa shape index (κ1) is 18.6. The van der Waals surface area contributed by atoms with Gasteiger partial charge in [-0.25, -0.2) is 9.37 Å². The molecule has 0 unspecified atom stereocenters. The zero-order chi connectivity index (χ0) is 19.5. The first-order valence-corrected chi connectivity index (χ1v) is 9.54. The number of hydrogen-bond donors (Lipinski definition) is 2. The molecular formula is C21H23FN4O2. The van der Waals surface area contributed by atoms with Gasteiger partial charge >= 0.3 is 5.97 Å². The second-order valence-corrected chi connectivity index (χ2v) is 7.55. The summed E-state index contributed by atoms with van der Waals surface area (Å²) in [7, 11) is 0. The zero-order valence-electron chi connectivity index (χ0n) is 15.5. The number of carboxylic acid groups (broad SMARTS) is 1. The van der Waals surface area contributed by atoms with E-state index in [0.717, 1.165) is 41.9 Å². The van der Waals surface area contributed by atoms with Crippen LogP contribution in [0.4, 0.5) is 4.39 Å². The molecule has 1 fully saturated rings. The highest BCUT2D eigenvalue weighted by Crippen LogP contribution is 2.30. The van der Waals surface area contributed by atoms with Crippen molar-refractivity contribution in [3.8, 4) is 0 Å². The van der Waals surface area contributed by atoms with Crippen LogP contribution < -0.4 is 0 Å². The van der Waals surface area contributed by atoms with Crippen molar-refractivity contribution in [3.05, 3.63) is 59.9 Å². The molecule has 0 radical (unpaired) electrons. The summed E-state index contributed by atoms with van der Waals surface area (Å²) in [6.07, 6.45) is 5.12. The van der Waals surface area contributed by atoms with Crippen LogP contribution in [0, 0.1) is 17.7 Å². The number of hydrogen-bond acceptors (Lipinski definition) is 4. The van der Waals surface area contributed by atoms with Gasteiger partial charge in [0.1, 0.15) is 11.6 Å². The lowest BCUT2D eigenvalue weighted by Crippen LogP contribution is -2.41. The fourth-order valence-corrected chi connectivity index (χ4v) is 4.17. The van der Waals surface area contributed by atoms with Gasteiger partial charge in [0.2, 0.25) is 0 Å². The minimum Gasteiger partial charge on any atom is -0.481 e. The average Bonchev–Trinajstić information content (AvgIpc) is 3.06. The number of imidazole rings is 1. The monoisotopic (exact) mass is 382 g/mol. The van der Waals surface area contributed by atoms with Crippen LogP contribution in [0.3, 0.4) is 0 Å². The molecule has 1 aliphatic rings. The molecule has 146 valence electrons. The minimum absolute atomic E-state index is 0.104. The lowest BCUT2D eigenvalue weighted by atomic mass is 9.81. The van der Waals surface area contributed by atoms with Crippen molar-refractivity contribution in [2.24, 2.45) is 11.8 Å². The quantitative estimate of drug-likeness (QED) is 0.684. The lowest BCUT2D eigenvalue weighted by molar-refractivity contribution is -0.139. The summed E-state index contributed by atoms with van der Waals surface area (Å²) in [5.41, 5.74) is 2.69. The van der Waals surface area contributed by atoms with E-state index in [0.29, 0.717) is 13.0 Å². The normalized spacial score (nSPS) is 20.5. The Bertz CT molecular complexity index is 941. The van der Waals surface area contributed by atoms with E-state index in [1.807, 2.05) is 12.1 Å². The van der Waals surface area contributed by atoms with Crippen molar-refractivity contribution in [1.29, 1.82) is 0 Å². The van der Waals surface area contributed by atoms with Crippen molar-refractivity contribution in [1.82, 2.24) is 19.9 Å². The number of H-pyrrole nitrogens is 1. The molecule has 1 aliphatic heterocycles. The number of aromatic amines is 1. The van der Waals surface area contributed by atoms with Gasteiger partial charge in [-0.2, -0.15) is 0 Å². The Labute approximate surface area is 162 Å². The van der Waals surface area contributed by atoms with Gasteiger partial charge in [-0.1, -0.05) is 12.1 Å². The second kappa shape index (κ2) is 8.06. The number of halogens is 1. The van der Waals surface area contributed by atoms with Crippen LogP contribution in [0.25, 0.3) is 11.0 Å². The predicted octanol–water partition coefficient (Wildman–Crippen LogP) is 3.25. The van der Waals surface area contributed by atoms with E-state index in [1.54, 1.807) is 24.5 Å². The molecule has 1 saturated heterocycles. The number of benzene rings is 1. The van der Waals surface area contributed by atoms with Crippen molar-refractivity contribution < 1.29 is 14.3 Å². The van der Waals surface area contributed by atoms with Crippen LogP contribution in [-0.4, -0.2) is 44.0 Å². The van der Waals surface area contributed by atoms with E-state index in [2.05, 4.69) is 19.9 Å². The van der Waals surface area contributed by atoms with Gasteiger partial charge < -0.3 is 10.1 Å². The maximum Gasteiger partial charge on any atom is 0.303 e. The lowest BCUT2D eigenvalue weighted by Gasteiger charge is -2.38. The van der Waals surface area contributed by atoms with Crippen molar-refractivity contribution in [2.45, 2.75) is 25.8 Å². The number of nitrogens with one attached hydrogen (secondary N) is 1. The summed E-state index contributed by atoms with van der Waals surface area (Å²) in [5.74, 6) is 0.142. The summed E-state index contributed by atoms with van der Waals surface area (Å²) in [5, 5.41) is 9.31. The van der Waals surface area contributed by atoms with Crippen molar-refractivity contribution in [2.75, 3.05) is 13.1 Å². The van der Waals surface area contributed by atoms with Gasteiger partial charge in [0.05, 0.1) is 17.2 Å². The van der Waals surface area contributed by atoms with Crippen molar-refractivity contribution in [3.63, 3.8) is 0 Å². The van der Waals surface area contributed by atoms with Crippen LogP contribution >= 0.6 is 0 Å². The molecule has 0 spiro atoms. The van der Waals surface area contributed by atoms with Gasteiger partial charge in [-0.15, -0.1) is 0 Å². The molecular weight excluding hydrogens is 359 g/mol. The molecule has 3 heterocycles. The highest BCUT2D eigenvalue weighted by Gasteiger charge is 2.31. The number of fused-ring (bicyclic) bond motifs is 1. The summed E-state index contributed by atoms with van der Waals surface area (Å²) in [6.45, 7) is 2.25. The fourth-order valence-electron chi connectivity index (χ4n) is 4.17. The molecule has 0 bridgehead atoms. The highest BCUT2D eigenvalue weighted by atomic mass is 19.1. The second-order valence-electron chi connectivity index (χ2n) is 7.55. The molecule has 0 aliphatic carbocycles. The number of carbonyl (C=O) groups is 1. The molecule has 2 N–H and O–H groups in total. The van der Waals surface area contributed by atoms with Crippen LogP contribution in [0.1, 0.15) is 24.2 Å². The van der Waals surface area contributed by atoms with E-state index in [9.17, 15) is 14.3 Å². The Morgan fingerprint density at radius 3 is 3.00 bits per heavy atom. The van der Waals surface area contributed by atoms with Crippen molar-refractivity contribution >= 4 is 17.0 Å². The number of piperidine rings is 1. The molecule has 3 aromatic rings. The predicted molar refractivity (Wildman–Crippen MR) is 103 cm³/mol. The van der Waals surface area contributed by atoms with E-state index in [4.69, 9.17) is 0 Å². The summed E-state index contributed by atoms with van der Waals surface area (Å²) >= 11 is 0. The standard InChI is InChI=1S/C21H23FN4O2/c22-17-3-1-2-14(8-17)12-26-7-5-15(10-21(27)28)16(13-26)9-20-24-18-4-6-23-11-19(18)25-20/h1-4,6,8,11,15-16H,5,7,9-10,12-13H2,(H,24,25)(H,27,28)/t15-,16-/m0/s1. The molecule has 1 aromatic carbocycles. The summed E-state index contributed by atoms with van der Waals surface area (Å²) < 4.78 is 13.5. The number of pyridine rings is 1. The van der Waals surface area contributed by atoms with Crippen LogP contribution in [0.15, 0.2) is 42.7 Å². The molecule has 0 saturated carbocycles. The van der Waals surface area contributed by atoms with E-state index < -0.39 is 5.97 Å². The Hall–Kier alpha value is -2.80. The molecule has 2 atom stereocenters. The van der Waals surface area contributed by atoms with E-state index >= 15 is 0 Å². The van der Waals surface area contributed by atoms with Gasteiger partial charge in [0, 0.05) is 32.1 Å². The molecule has 2 aromatic heterocycles. The smallest absolute Gasteiger partial charge is 0.303 e. The Morgan fingerprint density at radius 2 is 2.21 bits per heavy atom. The number of carboxylic acids is 1. The number of nitrogens with zero attached hydrogens (tertiary/aromatic N) is 3. The maximum atomic E-state index is 13.5.